The van der Waals surface area contributed by atoms with E-state index in [2.05, 4.69) is 19.1 Å². The van der Waals surface area contributed by atoms with Crippen LogP contribution in [0.1, 0.15) is 13.3 Å². The molecule has 0 fully saturated rings. The average Bonchev–Trinajstić information content (AvgIpc) is 2.06. The Morgan fingerprint density at radius 1 is 1.33 bits per heavy atom. The highest BCUT2D eigenvalue weighted by Crippen LogP contribution is 2.04. The van der Waals surface area contributed by atoms with Crippen LogP contribution in [0.2, 0.25) is 6.04 Å². The lowest BCUT2D eigenvalue weighted by molar-refractivity contribution is 0.571. The van der Waals surface area contributed by atoms with E-state index in [0.29, 0.717) is 0 Å². The van der Waals surface area contributed by atoms with E-state index in [9.17, 15) is 4.80 Å². The Morgan fingerprint density at radius 3 is 2.42 bits per heavy atom. The first-order valence-electron chi connectivity index (χ1n) is 4.44. The monoisotopic (exact) mass is 196 g/mol. The molecule has 1 aromatic rings. The second kappa shape index (κ2) is 4.02. The fraction of sp³-hybridized carbons (Fsp3) is 0.333. The topological polar surface area (TPSA) is 20.2 Å². The first-order chi connectivity index (χ1) is 5.67. The Morgan fingerprint density at radius 2 is 1.92 bits per heavy atom. The molecule has 0 amide bonds. The molecule has 12 heavy (non-hydrogen) atoms. The van der Waals surface area contributed by atoms with Gasteiger partial charge in [-0.3, -0.25) is 0 Å². The van der Waals surface area contributed by atoms with E-state index in [0.717, 1.165) is 22.2 Å². The summed E-state index contributed by atoms with van der Waals surface area (Å²) in [6.45, 7) is 2.14. The molecule has 1 aromatic carbocycles. The minimum absolute atomic E-state index is 0.940. The van der Waals surface area contributed by atoms with Crippen molar-refractivity contribution in [3.05, 3.63) is 30.3 Å². The predicted octanol–water partition coefficient (Wildman–Crippen LogP) is 0.104. The molecule has 1 rings (SSSR count). The summed E-state index contributed by atoms with van der Waals surface area (Å²) in [7, 11) is -1.00. The molecular formula is C9H16OSi2. The van der Waals surface area contributed by atoms with Gasteiger partial charge in [0.05, 0.1) is 0 Å². The third-order valence-corrected chi connectivity index (χ3v) is 8.42. The second-order valence-corrected chi connectivity index (χ2v) is 12.0. The molecule has 0 aliphatic carbocycles. The van der Waals surface area contributed by atoms with E-state index in [1.807, 2.05) is 18.2 Å². The Bertz CT molecular complexity index is 234. The van der Waals surface area contributed by atoms with Crippen LogP contribution in [-0.4, -0.2) is 22.4 Å². The Labute approximate surface area is 77.8 Å². The first kappa shape index (κ1) is 9.70. The molecular weight excluding hydrogens is 180 g/mol. The summed E-state index contributed by atoms with van der Waals surface area (Å²) < 4.78 is 0. The van der Waals surface area contributed by atoms with Crippen LogP contribution >= 0.6 is 0 Å². The average molecular weight is 196 g/mol. The van der Waals surface area contributed by atoms with Crippen LogP contribution in [-0.2, 0) is 0 Å². The largest absolute Gasteiger partial charge is 0.431 e. The normalized spacial score (nSPS) is 15.8. The minimum atomic E-state index is -1.94. The van der Waals surface area contributed by atoms with Crippen molar-refractivity contribution in [1.82, 2.24) is 0 Å². The fourth-order valence-corrected chi connectivity index (χ4v) is 6.10. The van der Waals surface area contributed by atoms with Gasteiger partial charge >= 0.3 is 0 Å². The third kappa shape index (κ3) is 2.30. The lowest BCUT2D eigenvalue weighted by atomic mass is 10.4. The summed E-state index contributed by atoms with van der Waals surface area (Å²) in [6, 6.07) is 11.2. The number of hydrogen-bond acceptors (Lipinski definition) is 1. The molecule has 0 aromatic heterocycles. The molecule has 1 atom stereocenters. The van der Waals surface area contributed by atoms with Gasteiger partial charge in [-0.2, -0.15) is 0 Å². The van der Waals surface area contributed by atoms with Gasteiger partial charge in [0.1, 0.15) is 0 Å². The third-order valence-electron chi connectivity index (χ3n) is 2.13. The second-order valence-electron chi connectivity index (χ2n) is 3.39. The Hall–Kier alpha value is -0.386. The van der Waals surface area contributed by atoms with Gasteiger partial charge in [-0.1, -0.05) is 43.7 Å². The Kier molecular flexibility index (Phi) is 3.25. The summed E-state index contributed by atoms with van der Waals surface area (Å²) in [5.41, 5.74) is 0. The van der Waals surface area contributed by atoms with Gasteiger partial charge in [0.15, 0.2) is 7.83 Å². The van der Waals surface area contributed by atoms with Crippen molar-refractivity contribution >= 4 is 22.8 Å². The Balaban J connectivity index is 2.82. The van der Waals surface area contributed by atoms with Crippen molar-refractivity contribution in [1.29, 1.82) is 0 Å². The summed E-state index contributed by atoms with van der Waals surface area (Å²) in [4.78, 5) is 10.2. The van der Waals surface area contributed by atoms with E-state index >= 15 is 0 Å². The van der Waals surface area contributed by atoms with Crippen LogP contribution in [0.15, 0.2) is 30.3 Å². The standard InChI is InChI=1S/C9H16OSi2/c1-2-8-12(10,11)9-6-4-3-5-7-9/h3-7,10H,2,8H2,1,11H3. The SMILES string of the molecule is CCC[Si](O)([SiH3])c1ccccc1. The van der Waals surface area contributed by atoms with Crippen molar-refractivity contribution in [2.75, 3.05) is 0 Å². The van der Waals surface area contributed by atoms with E-state index in [4.69, 9.17) is 0 Å². The van der Waals surface area contributed by atoms with Crippen molar-refractivity contribution in [3.8, 4) is 0 Å². The molecule has 0 saturated heterocycles. The van der Waals surface area contributed by atoms with Gasteiger partial charge in [-0.15, -0.1) is 0 Å². The highest BCUT2D eigenvalue weighted by Gasteiger charge is 2.24. The van der Waals surface area contributed by atoms with E-state index in [-0.39, 0.29) is 0 Å². The van der Waals surface area contributed by atoms with Gasteiger partial charge in [0.25, 0.3) is 0 Å². The maximum atomic E-state index is 10.2. The van der Waals surface area contributed by atoms with Gasteiger partial charge in [0.2, 0.25) is 0 Å². The van der Waals surface area contributed by atoms with Gasteiger partial charge in [-0.05, 0) is 11.2 Å². The minimum Gasteiger partial charge on any atom is -0.431 e. The van der Waals surface area contributed by atoms with E-state index < -0.39 is 7.83 Å². The zero-order valence-electron chi connectivity index (χ0n) is 7.75. The van der Waals surface area contributed by atoms with Crippen molar-refractivity contribution in [2.24, 2.45) is 0 Å². The van der Waals surface area contributed by atoms with E-state index in [1.54, 1.807) is 0 Å². The van der Waals surface area contributed by atoms with Gasteiger partial charge < -0.3 is 4.80 Å². The zero-order valence-corrected chi connectivity index (χ0v) is 10.7. The van der Waals surface area contributed by atoms with Gasteiger partial charge in [-0.25, -0.2) is 0 Å². The number of hydrogen-bond donors (Lipinski definition) is 1. The van der Waals surface area contributed by atoms with Crippen molar-refractivity contribution in [3.63, 3.8) is 0 Å². The summed E-state index contributed by atoms with van der Waals surface area (Å²) in [5, 5.41) is 1.21. The van der Waals surface area contributed by atoms with Gasteiger partial charge in [0, 0.05) is 9.76 Å². The van der Waals surface area contributed by atoms with Crippen LogP contribution in [0, 0.1) is 0 Å². The number of rotatable bonds is 3. The molecule has 0 heterocycles. The molecule has 0 aliphatic heterocycles. The molecule has 0 spiro atoms. The summed E-state index contributed by atoms with van der Waals surface area (Å²) >= 11 is 0. The molecule has 0 aliphatic rings. The summed E-state index contributed by atoms with van der Waals surface area (Å²) in [5.74, 6) is 0. The van der Waals surface area contributed by atoms with Crippen molar-refractivity contribution in [2.45, 2.75) is 19.4 Å². The molecule has 3 heteroatoms. The van der Waals surface area contributed by atoms with Crippen LogP contribution in [0.4, 0.5) is 0 Å². The molecule has 1 N–H and O–H groups in total. The summed E-state index contributed by atoms with van der Waals surface area (Å²) in [6.07, 6.45) is 1.10. The van der Waals surface area contributed by atoms with Crippen molar-refractivity contribution < 1.29 is 4.80 Å². The number of benzene rings is 1. The quantitative estimate of drug-likeness (QED) is 0.680. The lowest BCUT2D eigenvalue weighted by Gasteiger charge is -2.19. The lowest BCUT2D eigenvalue weighted by Crippen LogP contribution is -2.48. The van der Waals surface area contributed by atoms with Crippen LogP contribution in [0.5, 0.6) is 0 Å². The predicted molar refractivity (Wildman–Crippen MR) is 59.1 cm³/mol. The molecule has 66 valence electrons. The molecule has 1 nitrogen and oxygen atoms in total. The molecule has 1 unspecified atom stereocenters. The van der Waals surface area contributed by atoms with Crippen LogP contribution in [0.3, 0.4) is 0 Å². The maximum Gasteiger partial charge on any atom is 0.194 e. The van der Waals surface area contributed by atoms with E-state index in [1.165, 1.54) is 5.19 Å². The molecule has 0 saturated carbocycles. The van der Waals surface area contributed by atoms with Crippen LogP contribution in [0.25, 0.3) is 0 Å². The first-order valence-corrected chi connectivity index (χ1v) is 10.1. The van der Waals surface area contributed by atoms with Crippen LogP contribution < -0.4 is 5.19 Å². The molecule has 0 bridgehead atoms. The smallest absolute Gasteiger partial charge is 0.194 e. The molecule has 0 radical (unpaired) electrons. The highest BCUT2D eigenvalue weighted by molar-refractivity contribution is 7.20. The highest BCUT2D eigenvalue weighted by atomic mass is 29.2. The zero-order chi connectivity index (χ0) is 9.03. The maximum absolute atomic E-state index is 10.2. The fourth-order valence-electron chi connectivity index (χ4n) is 1.43.